The van der Waals surface area contributed by atoms with Crippen LogP contribution in [0.25, 0.3) is 0 Å². The van der Waals surface area contributed by atoms with Crippen LogP contribution in [0.4, 0.5) is 0 Å². The molecule has 0 radical (unpaired) electrons. The minimum Gasteiger partial charge on any atom is -0.467 e. The maximum Gasteiger partial charge on any atom is 0.225 e. The maximum atomic E-state index is 11.7. The van der Waals surface area contributed by atoms with Crippen molar-refractivity contribution in [2.75, 3.05) is 13.2 Å². The lowest BCUT2D eigenvalue weighted by molar-refractivity contribution is -0.129. The lowest BCUT2D eigenvalue weighted by Crippen LogP contribution is -2.35. The van der Waals surface area contributed by atoms with Gasteiger partial charge in [-0.1, -0.05) is 0 Å². The fourth-order valence-corrected chi connectivity index (χ4v) is 1.68. The molecule has 0 aliphatic carbocycles. The Morgan fingerprint density at radius 3 is 3.20 bits per heavy atom. The fraction of sp³-hybridized carbons (Fsp3) is 0.545. The van der Waals surface area contributed by atoms with Gasteiger partial charge in [-0.25, -0.2) is 0 Å². The molecule has 0 bridgehead atoms. The molecule has 0 saturated carbocycles. The number of rotatable bonds is 3. The van der Waals surface area contributed by atoms with Crippen molar-refractivity contribution in [1.82, 2.24) is 5.32 Å². The van der Waals surface area contributed by atoms with E-state index < -0.39 is 0 Å². The van der Waals surface area contributed by atoms with E-state index in [-0.39, 0.29) is 11.8 Å². The van der Waals surface area contributed by atoms with Crippen LogP contribution < -0.4 is 5.32 Å². The smallest absolute Gasteiger partial charge is 0.225 e. The second-order valence-corrected chi connectivity index (χ2v) is 3.71. The Bertz CT molecular complexity index is 302. The van der Waals surface area contributed by atoms with Gasteiger partial charge in [-0.15, -0.1) is 0 Å². The summed E-state index contributed by atoms with van der Waals surface area (Å²) in [6.45, 7) is 1.79. The lowest BCUT2D eigenvalue weighted by Gasteiger charge is -2.20. The molecule has 4 nitrogen and oxygen atoms in total. The van der Waals surface area contributed by atoms with E-state index in [0.29, 0.717) is 13.2 Å². The molecule has 2 heterocycles. The molecule has 1 amide bonds. The molecule has 1 aliphatic rings. The van der Waals surface area contributed by atoms with Crippen molar-refractivity contribution < 1.29 is 13.9 Å². The second kappa shape index (κ2) is 4.98. The third kappa shape index (κ3) is 2.83. The summed E-state index contributed by atoms with van der Waals surface area (Å²) in [6.07, 6.45) is 3.49. The molecule has 1 aromatic rings. The van der Waals surface area contributed by atoms with Gasteiger partial charge in [0.2, 0.25) is 5.91 Å². The summed E-state index contributed by atoms with van der Waals surface area (Å²) in [4.78, 5) is 11.7. The van der Waals surface area contributed by atoms with Crippen LogP contribution >= 0.6 is 0 Å². The summed E-state index contributed by atoms with van der Waals surface area (Å²) in [5.74, 6) is 0.847. The molecule has 1 unspecified atom stereocenters. The third-order valence-corrected chi connectivity index (χ3v) is 2.55. The molecule has 82 valence electrons. The first-order chi connectivity index (χ1) is 7.36. The molecule has 0 aromatic carbocycles. The molecule has 4 heteroatoms. The molecule has 1 N–H and O–H groups in total. The van der Waals surface area contributed by atoms with Gasteiger partial charge < -0.3 is 14.5 Å². The molecule has 1 aliphatic heterocycles. The number of nitrogens with one attached hydrogen (secondary N) is 1. The summed E-state index contributed by atoms with van der Waals surface area (Å²) < 4.78 is 10.4. The van der Waals surface area contributed by atoms with Crippen molar-refractivity contribution in [2.24, 2.45) is 5.92 Å². The van der Waals surface area contributed by atoms with Gasteiger partial charge in [0.05, 0.1) is 25.3 Å². The molecule has 1 saturated heterocycles. The summed E-state index contributed by atoms with van der Waals surface area (Å²) in [7, 11) is 0. The van der Waals surface area contributed by atoms with Crippen LogP contribution in [0.2, 0.25) is 0 Å². The second-order valence-electron chi connectivity index (χ2n) is 3.71. The Labute approximate surface area is 88.6 Å². The standard InChI is InChI=1S/C11H15NO3/c13-11(9-3-1-5-14-8-9)12-7-10-4-2-6-15-10/h2,4,6,9H,1,3,5,7-8H2,(H,12,13). The highest BCUT2D eigenvalue weighted by molar-refractivity contribution is 5.78. The topological polar surface area (TPSA) is 51.5 Å². The van der Waals surface area contributed by atoms with Gasteiger partial charge in [-0.2, -0.15) is 0 Å². The highest BCUT2D eigenvalue weighted by atomic mass is 16.5. The van der Waals surface area contributed by atoms with Gasteiger partial charge in [0.25, 0.3) is 0 Å². The summed E-state index contributed by atoms with van der Waals surface area (Å²) in [5, 5.41) is 2.84. The van der Waals surface area contributed by atoms with Gasteiger partial charge >= 0.3 is 0 Å². The predicted octanol–water partition coefficient (Wildman–Crippen LogP) is 1.32. The van der Waals surface area contributed by atoms with Gasteiger partial charge in [0, 0.05) is 6.61 Å². The Balaban J connectivity index is 1.76. The van der Waals surface area contributed by atoms with E-state index in [4.69, 9.17) is 9.15 Å². The Morgan fingerprint density at radius 1 is 1.60 bits per heavy atom. The molecule has 2 rings (SSSR count). The van der Waals surface area contributed by atoms with Crippen molar-refractivity contribution >= 4 is 5.91 Å². The van der Waals surface area contributed by atoms with Crippen LogP contribution in [0.15, 0.2) is 22.8 Å². The zero-order valence-electron chi connectivity index (χ0n) is 8.57. The van der Waals surface area contributed by atoms with Crippen molar-refractivity contribution in [3.63, 3.8) is 0 Å². The molecular formula is C11H15NO3. The van der Waals surface area contributed by atoms with E-state index in [2.05, 4.69) is 5.32 Å². The van der Waals surface area contributed by atoms with Crippen molar-refractivity contribution in [3.05, 3.63) is 24.2 Å². The minimum atomic E-state index is 0.00807. The fourth-order valence-electron chi connectivity index (χ4n) is 1.68. The Hall–Kier alpha value is -1.29. The predicted molar refractivity (Wildman–Crippen MR) is 54.1 cm³/mol. The molecule has 1 aromatic heterocycles. The number of hydrogen-bond acceptors (Lipinski definition) is 3. The SMILES string of the molecule is O=C(NCc1ccco1)C1CCCOC1. The summed E-state index contributed by atoms with van der Waals surface area (Å²) in [5.41, 5.74) is 0. The van der Waals surface area contributed by atoms with Gasteiger partial charge in [0.1, 0.15) is 5.76 Å². The third-order valence-electron chi connectivity index (χ3n) is 2.55. The number of carbonyl (C=O) groups is 1. The molecule has 0 spiro atoms. The normalized spacial score (nSPS) is 21.2. The highest BCUT2D eigenvalue weighted by Crippen LogP contribution is 2.13. The summed E-state index contributed by atoms with van der Waals surface area (Å²) in [6, 6.07) is 3.66. The van der Waals surface area contributed by atoms with Crippen LogP contribution in [0.5, 0.6) is 0 Å². The largest absolute Gasteiger partial charge is 0.467 e. The van der Waals surface area contributed by atoms with Crippen molar-refractivity contribution in [3.8, 4) is 0 Å². The molecule has 15 heavy (non-hydrogen) atoms. The van der Waals surface area contributed by atoms with Crippen molar-refractivity contribution in [2.45, 2.75) is 19.4 Å². The molecule has 1 atom stereocenters. The van der Waals surface area contributed by atoms with Crippen LogP contribution in [-0.4, -0.2) is 19.1 Å². The lowest BCUT2D eigenvalue weighted by atomic mass is 10.0. The van der Waals surface area contributed by atoms with Gasteiger partial charge in [-0.05, 0) is 25.0 Å². The number of ether oxygens (including phenoxy) is 1. The quantitative estimate of drug-likeness (QED) is 0.816. The van der Waals surface area contributed by atoms with E-state index in [9.17, 15) is 4.79 Å². The van der Waals surface area contributed by atoms with Crippen LogP contribution in [0.3, 0.4) is 0 Å². The van der Waals surface area contributed by atoms with E-state index in [1.165, 1.54) is 0 Å². The first kappa shape index (κ1) is 10.2. The zero-order valence-corrected chi connectivity index (χ0v) is 8.57. The minimum absolute atomic E-state index is 0.00807. The maximum absolute atomic E-state index is 11.7. The monoisotopic (exact) mass is 209 g/mol. The van der Waals surface area contributed by atoms with Gasteiger partial charge in [-0.3, -0.25) is 4.79 Å². The number of amides is 1. The molecule has 1 fully saturated rings. The summed E-state index contributed by atoms with van der Waals surface area (Å²) >= 11 is 0. The zero-order chi connectivity index (χ0) is 10.5. The average molecular weight is 209 g/mol. The number of furan rings is 1. The highest BCUT2D eigenvalue weighted by Gasteiger charge is 2.21. The van der Waals surface area contributed by atoms with E-state index >= 15 is 0 Å². The first-order valence-electron chi connectivity index (χ1n) is 5.24. The van der Waals surface area contributed by atoms with Gasteiger partial charge in [0.15, 0.2) is 0 Å². The van der Waals surface area contributed by atoms with Crippen molar-refractivity contribution in [1.29, 1.82) is 0 Å². The average Bonchev–Trinajstić information content (AvgIpc) is 2.80. The van der Waals surface area contributed by atoms with Crippen LogP contribution in [-0.2, 0) is 16.1 Å². The Morgan fingerprint density at radius 2 is 2.53 bits per heavy atom. The Kier molecular flexibility index (Phi) is 3.40. The van der Waals surface area contributed by atoms with E-state index in [0.717, 1.165) is 25.2 Å². The first-order valence-corrected chi connectivity index (χ1v) is 5.24. The number of hydrogen-bond donors (Lipinski definition) is 1. The molecular weight excluding hydrogens is 194 g/mol. The van der Waals surface area contributed by atoms with Crippen LogP contribution in [0.1, 0.15) is 18.6 Å². The van der Waals surface area contributed by atoms with E-state index in [1.54, 1.807) is 6.26 Å². The van der Waals surface area contributed by atoms with Crippen LogP contribution in [0, 0.1) is 5.92 Å². The number of carbonyl (C=O) groups excluding carboxylic acids is 1. The van der Waals surface area contributed by atoms with E-state index in [1.807, 2.05) is 12.1 Å².